The Morgan fingerprint density at radius 1 is 0.690 bits per heavy atom. The van der Waals surface area contributed by atoms with Gasteiger partial charge in [0, 0.05) is 24.2 Å². The van der Waals surface area contributed by atoms with Crippen LogP contribution in [0.5, 0.6) is 0 Å². The molecule has 0 N–H and O–H groups in total. The monoisotopic (exact) mass is 381 g/mol. The number of anilines is 1. The van der Waals surface area contributed by atoms with Gasteiger partial charge in [0.1, 0.15) is 0 Å². The van der Waals surface area contributed by atoms with Gasteiger partial charge in [0.25, 0.3) is 0 Å². The van der Waals surface area contributed by atoms with Crippen molar-refractivity contribution in [1.82, 2.24) is 0 Å². The number of fused-ring (bicyclic) bond motifs is 1. The third-order valence-corrected chi connectivity index (χ3v) is 5.08. The predicted molar refractivity (Wildman–Crippen MR) is 118 cm³/mol. The maximum atomic E-state index is 12.3. The van der Waals surface area contributed by atoms with E-state index in [2.05, 4.69) is 59.5 Å². The van der Waals surface area contributed by atoms with Crippen molar-refractivity contribution in [3.05, 3.63) is 114 Å². The number of benzene rings is 4. The van der Waals surface area contributed by atoms with Crippen LogP contribution in [0.4, 0.5) is 5.69 Å². The fourth-order valence-electron chi connectivity index (χ4n) is 3.68. The quantitative estimate of drug-likeness (QED) is 0.393. The Balaban J connectivity index is 1.81. The lowest BCUT2D eigenvalue weighted by atomic mass is 10.0. The molecule has 0 bridgehead atoms. The van der Waals surface area contributed by atoms with Gasteiger partial charge in [0.15, 0.2) is 0 Å². The lowest BCUT2D eigenvalue weighted by Gasteiger charge is -2.27. The third-order valence-electron chi connectivity index (χ3n) is 5.08. The molecule has 0 spiro atoms. The second-order valence-corrected chi connectivity index (χ2v) is 7.00. The van der Waals surface area contributed by atoms with E-state index in [1.54, 1.807) is 0 Å². The summed E-state index contributed by atoms with van der Waals surface area (Å²) in [6, 6.07) is 32.8. The molecule has 0 atom stereocenters. The first-order valence-electron chi connectivity index (χ1n) is 9.69. The van der Waals surface area contributed by atoms with Gasteiger partial charge in [-0.1, -0.05) is 84.9 Å². The fraction of sp³-hybridized carbons (Fsp3) is 0.115. The van der Waals surface area contributed by atoms with Crippen LogP contribution in [0.3, 0.4) is 0 Å². The molecular formula is C26H23NO2. The number of hydrogen-bond acceptors (Lipinski definition) is 3. The highest BCUT2D eigenvalue weighted by Crippen LogP contribution is 2.32. The van der Waals surface area contributed by atoms with Gasteiger partial charge >= 0.3 is 5.97 Å². The molecule has 0 amide bonds. The van der Waals surface area contributed by atoms with E-state index >= 15 is 0 Å². The van der Waals surface area contributed by atoms with Gasteiger partial charge in [-0.3, -0.25) is 0 Å². The standard InChI is InChI=1S/C26H23NO2/c1-29-26(28)24-16-17-25(23-15-9-8-14-22(23)24)27(18-20-10-4-2-5-11-20)19-21-12-6-3-7-13-21/h2-17H,18-19H2,1H3. The van der Waals surface area contributed by atoms with E-state index in [-0.39, 0.29) is 5.97 Å². The van der Waals surface area contributed by atoms with Crippen LogP contribution in [0.25, 0.3) is 10.8 Å². The molecule has 0 heterocycles. The molecule has 0 aliphatic carbocycles. The van der Waals surface area contributed by atoms with Gasteiger partial charge in [0.2, 0.25) is 0 Å². The Morgan fingerprint density at radius 2 is 1.21 bits per heavy atom. The molecule has 144 valence electrons. The van der Waals surface area contributed by atoms with Crippen molar-refractivity contribution in [2.45, 2.75) is 13.1 Å². The van der Waals surface area contributed by atoms with E-state index in [1.807, 2.05) is 42.5 Å². The van der Waals surface area contributed by atoms with E-state index in [1.165, 1.54) is 18.2 Å². The summed E-state index contributed by atoms with van der Waals surface area (Å²) in [5.74, 6) is -0.314. The first-order chi connectivity index (χ1) is 14.3. The van der Waals surface area contributed by atoms with Crippen molar-refractivity contribution in [3.63, 3.8) is 0 Å². The number of rotatable bonds is 6. The summed E-state index contributed by atoms with van der Waals surface area (Å²) >= 11 is 0. The summed E-state index contributed by atoms with van der Waals surface area (Å²) in [4.78, 5) is 14.6. The molecule has 0 radical (unpaired) electrons. The average Bonchev–Trinajstić information content (AvgIpc) is 2.79. The largest absolute Gasteiger partial charge is 0.465 e. The second-order valence-electron chi connectivity index (χ2n) is 7.00. The summed E-state index contributed by atoms with van der Waals surface area (Å²) in [7, 11) is 1.42. The van der Waals surface area contributed by atoms with Crippen LogP contribution in [-0.4, -0.2) is 13.1 Å². The Labute approximate surface area is 171 Å². The van der Waals surface area contributed by atoms with Gasteiger partial charge in [-0.15, -0.1) is 0 Å². The van der Waals surface area contributed by atoms with Crippen LogP contribution in [-0.2, 0) is 17.8 Å². The molecule has 0 unspecified atom stereocenters. The van der Waals surface area contributed by atoms with E-state index in [0.29, 0.717) is 5.56 Å². The first-order valence-corrected chi connectivity index (χ1v) is 9.69. The molecule has 0 fully saturated rings. The number of nitrogens with zero attached hydrogens (tertiary/aromatic N) is 1. The first kappa shape index (κ1) is 18.8. The molecule has 4 rings (SSSR count). The summed E-state index contributed by atoms with van der Waals surface area (Å²) in [5.41, 5.74) is 4.17. The van der Waals surface area contributed by atoms with Crippen LogP contribution in [0.15, 0.2) is 97.1 Å². The molecule has 0 aromatic heterocycles. The Bertz CT molecular complexity index is 1070. The van der Waals surface area contributed by atoms with Gasteiger partial charge in [0.05, 0.1) is 12.7 Å². The molecule has 0 aliphatic heterocycles. The van der Waals surface area contributed by atoms with Crippen LogP contribution < -0.4 is 4.90 Å². The maximum absolute atomic E-state index is 12.3. The molecule has 3 nitrogen and oxygen atoms in total. The highest BCUT2D eigenvalue weighted by molar-refractivity contribution is 6.08. The van der Waals surface area contributed by atoms with E-state index < -0.39 is 0 Å². The summed E-state index contributed by atoms with van der Waals surface area (Å²) in [6.07, 6.45) is 0. The van der Waals surface area contributed by atoms with Gasteiger partial charge in [-0.05, 0) is 28.6 Å². The van der Waals surface area contributed by atoms with Crippen molar-refractivity contribution < 1.29 is 9.53 Å². The van der Waals surface area contributed by atoms with Crippen molar-refractivity contribution >= 4 is 22.4 Å². The number of carbonyl (C=O) groups is 1. The lowest BCUT2D eigenvalue weighted by Crippen LogP contribution is -2.22. The van der Waals surface area contributed by atoms with E-state index in [0.717, 1.165) is 29.5 Å². The fourth-order valence-corrected chi connectivity index (χ4v) is 3.68. The van der Waals surface area contributed by atoms with Gasteiger partial charge in [-0.2, -0.15) is 0 Å². The molecule has 3 heteroatoms. The van der Waals surface area contributed by atoms with Crippen molar-refractivity contribution in [1.29, 1.82) is 0 Å². The molecule has 0 saturated heterocycles. The smallest absolute Gasteiger partial charge is 0.338 e. The minimum absolute atomic E-state index is 0.314. The van der Waals surface area contributed by atoms with Crippen LogP contribution >= 0.6 is 0 Å². The Kier molecular flexibility index (Phi) is 5.57. The normalized spacial score (nSPS) is 10.7. The molecule has 0 saturated carbocycles. The number of ether oxygens (including phenoxy) is 1. The zero-order valence-electron chi connectivity index (χ0n) is 16.4. The highest BCUT2D eigenvalue weighted by Gasteiger charge is 2.17. The number of esters is 1. The molecule has 29 heavy (non-hydrogen) atoms. The average molecular weight is 381 g/mol. The number of carbonyl (C=O) groups excluding carboxylic acids is 1. The summed E-state index contributed by atoms with van der Waals surface area (Å²) in [5, 5.41) is 1.95. The molecular weight excluding hydrogens is 358 g/mol. The summed E-state index contributed by atoms with van der Waals surface area (Å²) in [6.45, 7) is 1.55. The maximum Gasteiger partial charge on any atom is 0.338 e. The van der Waals surface area contributed by atoms with Crippen LogP contribution in [0.2, 0.25) is 0 Å². The minimum atomic E-state index is -0.314. The van der Waals surface area contributed by atoms with Crippen LogP contribution in [0.1, 0.15) is 21.5 Å². The third kappa shape index (κ3) is 4.14. The minimum Gasteiger partial charge on any atom is -0.465 e. The van der Waals surface area contributed by atoms with Gasteiger partial charge in [-0.25, -0.2) is 4.79 Å². The van der Waals surface area contributed by atoms with Crippen LogP contribution in [0, 0.1) is 0 Å². The predicted octanol–water partition coefficient (Wildman–Crippen LogP) is 5.83. The SMILES string of the molecule is COC(=O)c1ccc(N(Cc2ccccc2)Cc2ccccc2)c2ccccc12. The Hall–Kier alpha value is -3.59. The van der Waals surface area contributed by atoms with E-state index in [4.69, 9.17) is 4.74 Å². The molecule has 0 aliphatic rings. The van der Waals surface area contributed by atoms with Gasteiger partial charge < -0.3 is 9.64 Å². The second kappa shape index (κ2) is 8.61. The molecule has 4 aromatic carbocycles. The number of methoxy groups -OCH3 is 1. The highest BCUT2D eigenvalue weighted by atomic mass is 16.5. The summed E-state index contributed by atoms with van der Waals surface area (Å²) < 4.78 is 4.98. The van der Waals surface area contributed by atoms with E-state index in [9.17, 15) is 4.79 Å². The zero-order chi connectivity index (χ0) is 20.1. The topological polar surface area (TPSA) is 29.5 Å². The van der Waals surface area contributed by atoms with Crippen molar-refractivity contribution in [2.75, 3.05) is 12.0 Å². The lowest BCUT2D eigenvalue weighted by molar-refractivity contribution is 0.0603. The zero-order valence-corrected chi connectivity index (χ0v) is 16.4. The number of hydrogen-bond donors (Lipinski definition) is 0. The Morgan fingerprint density at radius 3 is 1.76 bits per heavy atom. The van der Waals surface area contributed by atoms with Crippen molar-refractivity contribution in [2.24, 2.45) is 0 Å². The molecule has 4 aromatic rings. The van der Waals surface area contributed by atoms with Crippen molar-refractivity contribution in [3.8, 4) is 0 Å².